The van der Waals surface area contributed by atoms with E-state index in [4.69, 9.17) is 5.11 Å². The summed E-state index contributed by atoms with van der Waals surface area (Å²) in [6, 6.07) is 8.19. The summed E-state index contributed by atoms with van der Waals surface area (Å²) in [5.74, 6) is -3.43. The first-order valence-electron chi connectivity index (χ1n) is 8.78. The minimum atomic E-state index is -4.01. The molecule has 0 saturated carbocycles. The van der Waals surface area contributed by atoms with Gasteiger partial charge in [0.1, 0.15) is 17.7 Å². The largest absolute Gasteiger partial charge is 0.478 e. The number of halogens is 1. The van der Waals surface area contributed by atoms with E-state index in [0.29, 0.717) is 0 Å². The van der Waals surface area contributed by atoms with Crippen LogP contribution in [0.25, 0.3) is 0 Å². The molecular formula is C19H17FN4O5S. The number of pyridine rings is 1. The molecule has 2 aromatic rings. The highest BCUT2D eigenvalue weighted by Crippen LogP contribution is 2.28. The first kappa shape index (κ1) is 21.2. The molecule has 2 N–H and O–H groups in total. The van der Waals surface area contributed by atoms with Crippen LogP contribution in [0.2, 0.25) is 0 Å². The molecule has 9 nitrogen and oxygen atoms in total. The van der Waals surface area contributed by atoms with Crippen molar-refractivity contribution >= 4 is 27.7 Å². The van der Waals surface area contributed by atoms with Crippen molar-refractivity contribution in [1.29, 1.82) is 5.26 Å². The van der Waals surface area contributed by atoms with E-state index in [1.54, 1.807) is 4.90 Å². The van der Waals surface area contributed by atoms with Gasteiger partial charge in [-0.1, -0.05) is 12.1 Å². The second-order valence-corrected chi connectivity index (χ2v) is 8.59. The number of carbonyl (C=O) groups excluding carboxylic acids is 1. The number of aromatic carboxylic acids is 1. The van der Waals surface area contributed by atoms with E-state index in [1.807, 2.05) is 10.8 Å². The maximum absolute atomic E-state index is 13.2. The number of nitrogens with zero attached hydrogens (tertiary/aromatic N) is 3. The molecule has 1 amide bonds. The van der Waals surface area contributed by atoms with Crippen LogP contribution < -0.4 is 9.62 Å². The topological polar surface area (TPSA) is 140 Å². The van der Waals surface area contributed by atoms with Crippen molar-refractivity contribution in [3.05, 3.63) is 58.5 Å². The van der Waals surface area contributed by atoms with Gasteiger partial charge in [-0.25, -0.2) is 22.6 Å². The summed E-state index contributed by atoms with van der Waals surface area (Å²) in [5, 5.41) is 18.4. The molecule has 11 heteroatoms. The lowest BCUT2D eigenvalue weighted by molar-refractivity contribution is -0.123. The molecule has 1 aromatic heterocycles. The third-order valence-corrected chi connectivity index (χ3v) is 5.82. The molecule has 30 heavy (non-hydrogen) atoms. The number of sulfonamides is 1. The summed E-state index contributed by atoms with van der Waals surface area (Å²) in [6.07, 6.45) is 0. The van der Waals surface area contributed by atoms with Gasteiger partial charge in [0.05, 0.1) is 28.5 Å². The quantitative estimate of drug-likeness (QED) is 0.693. The number of rotatable bonds is 6. The zero-order valence-corrected chi connectivity index (χ0v) is 16.6. The van der Waals surface area contributed by atoms with Crippen LogP contribution in [0.5, 0.6) is 0 Å². The van der Waals surface area contributed by atoms with E-state index < -0.39 is 39.4 Å². The maximum atomic E-state index is 13.2. The number of amides is 1. The van der Waals surface area contributed by atoms with Crippen LogP contribution >= 0.6 is 0 Å². The van der Waals surface area contributed by atoms with Crippen LogP contribution in [0.3, 0.4) is 0 Å². The van der Waals surface area contributed by atoms with Gasteiger partial charge >= 0.3 is 5.97 Å². The molecule has 3 rings (SSSR count). The predicted molar refractivity (Wildman–Crippen MR) is 104 cm³/mol. The van der Waals surface area contributed by atoms with Crippen molar-refractivity contribution in [1.82, 2.24) is 9.71 Å². The normalized spacial score (nSPS) is 14.0. The van der Waals surface area contributed by atoms with Gasteiger partial charge in [0.15, 0.2) is 0 Å². The molecule has 1 fully saturated rings. The zero-order valence-electron chi connectivity index (χ0n) is 15.8. The second kappa shape index (κ2) is 8.08. The highest BCUT2D eigenvalue weighted by molar-refractivity contribution is 7.89. The summed E-state index contributed by atoms with van der Waals surface area (Å²) in [7, 11) is -4.01. The fraction of sp³-hybridized carbons (Fsp3) is 0.263. The number of carbonyl (C=O) groups is 2. The van der Waals surface area contributed by atoms with Crippen molar-refractivity contribution in [2.45, 2.75) is 12.7 Å². The van der Waals surface area contributed by atoms with Gasteiger partial charge in [0.25, 0.3) is 0 Å². The van der Waals surface area contributed by atoms with Crippen molar-refractivity contribution in [3.63, 3.8) is 0 Å². The molecule has 0 atom stereocenters. The third kappa shape index (κ3) is 4.55. The number of carboxylic acid groups (broad SMARTS) is 1. The molecule has 0 spiro atoms. The maximum Gasteiger partial charge on any atom is 0.337 e. The molecule has 0 aliphatic carbocycles. The zero-order chi connectivity index (χ0) is 22.1. The summed E-state index contributed by atoms with van der Waals surface area (Å²) in [6.45, 7) is 1.74. The summed E-state index contributed by atoms with van der Waals surface area (Å²) in [4.78, 5) is 29.2. The second-order valence-electron chi connectivity index (χ2n) is 6.87. The fourth-order valence-electron chi connectivity index (χ4n) is 3.07. The van der Waals surface area contributed by atoms with Gasteiger partial charge in [-0.05, 0) is 30.7 Å². The van der Waals surface area contributed by atoms with E-state index in [2.05, 4.69) is 4.98 Å². The van der Waals surface area contributed by atoms with Crippen LogP contribution in [0, 0.1) is 30.0 Å². The Bertz CT molecular complexity index is 1170. The number of nitriles is 1. The molecule has 0 bridgehead atoms. The van der Waals surface area contributed by atoms with Gasteiger partial charge in [-0.3, -0.25) is 9.52 Å². The molecule has 0 radical (unpaired) electrons. The Morgan fingerprint density at radius 3 is 2.67 bits per heavy atom. The average Bonchev–Trinajstić information content (AvgIpc) is 2.59. The number of carboxylic acids is 1. The first-order valence-corrected chi connectivity index (χ1v) is 10.4. The summed E-state index contributed by atoms with van der Waals surface area (Å²) < 4.78 is 39.6. The van der Waals surface area contributed by atoms with Gasteiger partial charge in [-0.15, -0.1) is 0 Å². The van der Waals surface area contributed by atoms with Crippen molar-refractivity contribution in [2.24, 2.45) is 5.92 Å². The van der Waals surface area contributed by atoms with Gasteiger partial charge in [0, 0.05) is 13.1 Å². The molecule has 2 heterocycles. The number of nitrogens with one attached hydrogen (secondary N) is 1. The molecule has 1 aliphatic rings. The monoisotopic (exact) mass is 432 g/mol. The van der Waals surface area contributed by atoms with E-state index in [1.165, 1.54) is 31.2 Å². The van der Waals surface area contributed by atoms with Crippen LogP contribution in [0.1, 0.15) is 27.2 Å². The number of anilines is 1. The van der Waals surface area contributed by atoms with E-state index >= 15 is 0 Å². The third-order valence-electron chi connectivity index (χ3n) is 4.60. The lowest BCUT2D eigenvalue weighted by Gasteiger charge is -2.39. The van der Waals surface area contributed by atoms with Gasteiger partial charge in [0.2, 0.25) is 15.9 Å². The molecule has 0 unspecified atom stereocenters. The Morgan fingerprint density at radius 2 is 2.07 bits per heavy atom. The molecular weight excluding hydrogens is 415 g/mol. The fourth-order valence-corrected chi connectivity index (χ4v) is 4.23. The Kier molecular flexibility index (Phi) is 5.71. The van der Waals surface area contributed by atoms with Crippen LogP contribution in [-0.2, 0) is 20.6 Å². The Hall–Kier alpha value is -3.52. The Morgan fingerprint density at radius 1 is 1.37 bits per heavy atom. The summed E-state index contributed by atoms with van der Waals surface area (Å²) >= 11 is 0. The Labute approximate surface area is 171 Å². The van der Waals surface area contributed by atoms with Gasteiger partial charge in [-0.2, -0.15) is 5.26 Å². The van der Waals surface area contributed by atoms with Crippen LogP contribution in [0.4, 0.5) is 10.2 Å². The van der Waals surface area contributed by atoms with Crippen LogP contribution in [0.15, 0.2) is 30.3 Å². The Balaban J connectivity index is 1.65. The first-order chi connectivity index (χ1) is 14.1. The number of benzene rings is 1. The number of aryl methyl sites for hydroxylation is 1. The lowest BCUT2D eigenvalue weighted by atomic mass is 9.98. The average molecular weight is 432 g/mol. The number of hydrogen-bond donors (Lipinski definition) is 2. The van der Waals surface area contributed by atoms with Crippen LogP contribution in [-0.4, -0.2) is 43.5 Å². The smallest absolute Gasteiger partial charge is 0.337 e. The highest BCUT2D eigenvalue weighted by Gasteiger charge is 2.36. The lowest BCUT2D eigenvalue weighted by Crippen LogP contribution is -2.55. The van der Waals surface area contributed by atoms with Crippen molar-refractivity contribution in [3.8, 4) is 6.07 Å². The van der Waals surface area contributed by atoms with Crippen molar-refractivity contribution in [2.75, 3.05) is 18.0 Å². The van der Waals surface area contributed by atoms with Gasteiger partial charge < -0.3 is 10.0 Å². The summed E-state index contributed by atoms with van der Waals surface area (Å²) in [5.41, 5.74) is 0.397. The number of hydrogen-bond acceptors (Lipinski definition) is 7. The molecule has 1 saturated heterocycles. The van der Waals surface area contributed by atoms with Crippen molar-refractivity contribution < 1.29 is 27.5 Å². The minimum Gasteiger partial charge on any atom is -0.478 e. The van der Waals surface area contributed by atoms with E-state index in [0.717, 1.165) is 6.07 Å². The highest BCUT2D eigenvalue weighted by atomic mass is 32.2. The minimum absolute atomic E-state index is 0.0515. The standard InChI is InChI=1S/C19H17FN4O5S/c1-11-16(19(26)27)6-13(7-21)17(22-11)24-8-14(9-24)18(25)23-30(28,29)10-12-3-2-4-15(20)5-12/h2-6,14H,8-10H2,1H3,(H,23,25)(H,26,27). The molecule has 1 aliphatic heterocycles. The van der Waals surface area contributed by atoms with E-state index in [-0.39, 0.29) is 41.3 Å². The SMILES string of the molecule is Cc1nc(N2CC(C(=O)NS(=O)(=O)Cc3cccc(F)c3)C2)c(C#N)cc1C(=O)O. The molecule has 156 valence electrons. The molecule has 1 aromatic carbocycles. The van der Waals surface area contributed by atoms with E-state index in [9.17, 15) is 27.7 Å². The number of aromatic nitrogens is 1. The predicted octanol–water partition coefficient (Wildman–Crippen LogP) is 1.18.